The van der Waals surface area contributed by atoms with Gasteiger partial charge in [-0.05, 0) is 26.0 Å². The lowest BCUT2D eigenvalue weighted by Crippen LogP contribution is -2.39. The van der Waals surface area contributed by atoms with E-state index in [1.165, 1.54) is 23.8 Å². The van der Waals surface area contributed by atoms with Crippen molar-refractivity contribution in [1.29, 1.82) is 0 Å². The first-order valence-electron chi connectivity index (χ1n) is 8.32. The van der Waals surface area contributed by atoms with Crippen molar-refractivity contribution < 1.29 is 23.9 Å². The highest BCUT2D eigenvalue weighted by atomic mass is 32.2. The maximum atomic E-state index is 12.3. The molecule has 0 bridgehead atoms. The van der Waals surface area contributed by atoms with Crippen molar-refractivity contribution in [3.05, 3.63) is 29.8 Å². The molecule has 0 heterocycles. The van der Waals surface area contributed by atoms with Gasteiger partial charge in [-0.25, -0.2) is 0 Å². The third-order valence-corrected chi connectivity index (χ3v) is 4.25. The zero-order chi connectivity index (χ0) is 19.4. The first-order valence-corrected chi connectivity index (χ1v) is 9.48. The second-order valence-corrected chi connectivity index (χ2v) is 6.51. The Balaban J connectivity index is 2.41. The molecule has 0 unspecified atom stereocenters. The molecule has 2 amide bonds. The number of amides is 2. The van der Waals surface area contributed by atoms with Crippen LogP contribution in [0.2, 0.25) is 0 Å². The summed E-state index contributed by atoms with van der Waals surface area (Å²) in [6.45, 7) is 4.44. The summed E-state index contributed by atoms with van der Waals surface area (Å²) in [6.07, 6.45) is 0. The molecule has 1 aromatic carbocycles. The van der Waals surface area contributed by atoms with E-state index in [0.29, 0.717) is 13.2 Å². The summed E-state index contributed by atoms with van der Waals surface area (Å²) in [7, 11) is 1.52. The molecule has 0 atom stereocenters. The van der Waals surface area contributed by atoms with E-state index in [1.54, 1.807) is 6.92 Å². The van der Waals surface area contributed by atoms with E-state index in [1.807, 2.05) is 31.2 Å². The highest BCUT2D eigenvalue weighted by Crippen LogP contribution is 2.10. The Kier molecular flexibility index (Phi) is 10.4. The number of nitrogens with zero attached hydrogens (tertiary/aromatic N) is 1. The molecule has 0 aliphatic rings. The third-order valence-electron chi connectivity index (χ3n) is 3.34. The zero-order valence-corrected chi connectivity index (χ0v) is 16.3. The maximum Gasteiger partial charge on any atom is 0.325 e. The monoisotopic (exact) mass is 382 g/mol. The van der Waals surface area contributed by atoms with E-state index in [9.17, 15) is 14.4 Å². The molecule has 0 radical (unpaired) electrons. The van der Waals surface area contributed by atoms with Crippen molar-refractivity contribution in [2.75, 3.05) is 50.2 Å². The van der Waals surface area contributed by atoms with Crippen LogP contribution < -0.4 is 5.32 Å². The number of hydrogen-bond acceptors (Lipinski definition) is 6. The topological polar surface area (TPSA) is 84.9 Å². The van der Waals surface area contributed by atoms with Crippen molar-refractivity contribution in [2.24, 2.45) is 0 Å². The molecular formula is C18H26N2O5S. The predicted octanol–water partition coefficient (Wildman–Crippen LogP) is 1.70. The van der Waals surface area contributed by atoms with Gasteiger partial charge in [-0.15, -0.1) is 11.8 Å². The average molecular weight is 382 g/mol. The van der Waals surface area contributed by atoms with Gasteiger partial charge in [0.25, 0.3) is 0 Å². The van der Waals surface area contributed by atoms with Crippen LogP contribution in [0, 0.1) is 6.92 Å². The number of benzene rings is 1. The Hall–Kier alpha value is -2.06. The molecule has 1 N–H and O–H groups in total. The number of anilines is 1. The fraction of sp³-hybridized carbons (Fsp3) is 0.500. The molecule has 8 heteroatoms. The SMILES string of the molecule is CCOC(=O)CN(CCOC)C(=O)CSCC(=O)Nc1ccc(C)cc1. The van der Waals surface area contributed by atoms with Crippen LogP contribution in [-0.4, -0.2) is 67.6 Å². The van der Waals surface area contributed by atoms with E-state index in [4.69, 9.17) is 9.47 Å². The molecule has 0 aliphatic carbocycles. The minimum atomic E-state index is -0.459. The first-order chi connectivity index (χ1) is 12.5. The van der Waals surface area contributed by atoms with Gasteiger partial charge in [0, 0.05) is 19.3 Å². The van der Waals surface area contributed by atoms with Crippen LogP contribution >= 0.6 is 11.8 Å². The molecule has 0 aromatic heterocycles. The smallest absolute Gasteiger partial charge is 0.325 e. The third kappa shape index (κ3) is 8.87. The number of thioether (sulfide) groups is 1. The number of carbonyl (C=O) groups excluding carboxylic acids is 3. The lowest BCUT2D eigenvalue weighted by Gasteiger charge is -2.21. The van der Waals surface area contributed by atoms with Gasteiger partial charge in [0.15, 0.2) is 0 Å². The van der Waals surface area contributed by atoms with E-state index in [-0.39, 0.29) is 36.5 Å². The van der Waals surface area contributed by atoms with Gasteiger partial charge in [-0.2, -0.15) is 0 Å². The summed E-state index contributed by atoms with van der Waals surface area (Å²) < 4.78 is 9.84. The molecule has 1 aromatic rings. The lowest BCUT2D eigenvalue weighted by molar-refractivity contribution is -0.148. The van der Waals surface area contributed by atoms with Crippen LogP contribution in [0.3, 0.4) is 0 Å². The largest absolute Gasteiger partial charge is 0.465 e. The summed E-state index contributed by atoms with van der Waals surface area (Å²) in [6, 6.07) is 7.48. The second-order valence-electron chi connectivity index (χ2n) is 5.52. The fourth-order valence-electron chi connectivity index (χ4n) is 2.01. The van der Waals surface area contributed by atoms with Crippen LogP contribution in [0.25, 0.3) is 0 Å². The minimum absolute atomic E-state index is 0.102. The molecular weight excluding hydrogens is 356 g/mol. The summed E-state index contributed by atoms with van der Waals surface area (Å²) in [4.78, 5) is 37.2. The standard InChI is InChI=1S/C18H26N2O5S/c1-4-25-18(23)11-20(9-10-24-3)17(22)13-26-12-16(21)19-15-7-5-14(2)6-8-15/h5-8H,4,9-13H2,1-3H3,(H,19,21). The number of esters is 1. The first kappa shape index (κ1) is 22.0. The Bertz CT molecular complexity index is 592. The van der Waals surface area contributed by atoms with Gasteiger partial charge in [0.1, 0.15) is 6.54 Å². The summed E-state index contributed by atoms with van der Waals surface area (Å²) >= 11 is 1.20. The number of aryl methyl sites for hydroxylation is 1. The van der Waals surface area contributed by atoms with Crippen molar-refractivity contribution in [2.45, 2.75) is 13.8 Å². The van der Waals surface area contributed by atoms with E-state index >= 15 is 0 Å². The molecule has 0 saturated heterocycles. The molecule has 0 fully saturated rings. The number of carbonyl (C=O) groups is 3. The minimum Gasteiger partial charge on any atom is -0.465 e. The molecule has 0 spiro atoms. The molecule has 0 aliphatic heterocycles. The van der Waals surface area contributed by atoms with E-state index in [0.717, 1.165) is 11.3 Å². The Morgan fingerprint density at radius 1 is 1.15 bits per heavy atom. The molecule has 7 nitrogen and oxygen atoms in total. The molecule has 26 heavy (non-hydrogen) atoms. The van der Waals surface area contributed by atoms with Crippen molar-refractivity contribution in [1.82, 2.24) is 4.90 Å². The Morgan fingerprint density at radius 2 is 1.85 bits per heavy atom. The van der Waals surface area contributed by atoms with Gasteiger partial charge in [-0.3, -0.25) is 14.4 Å². The predicted molar refractivity (Wildman–Crippen MR) is 102 cm³/mol. The summed E-state index contributed by atoms with van der Waals surface area (Å²) in [5.41, 5.74) is 1.83. The fourth-order valence-corrected chi connectivity index (χ4v) is 2.73. The second kappa shape index (κ2) is 12.3. The molecule has 144 valence electrons. The summed E-state index contributed by atoms with van der Waals surface area (Å²) in [5, 5.41) is 2.78. The molecule has 0 saturated carbocycles. The van der Waals surface area contributed by atoms with Gasteiger partial charge in [0.05, 0.1) is 24.7 Å². The normalized spacial score (nSPS) is 10.3. The quantitative estimate of drug-likeness (QED) is 0.587. The van der Waals surface area contributed by atoms with Gasteiger partial charge < -0.3 is 19.7 Å². The van der Waals surface area contributed by atoms with Crippen LogP contribution in [0.5, 0.6) is 0 Å². The lowest BCUT2D eigenvalue weighted by atomic mass is 10.2. The molecule has 1 rings (SSSR count). The van der Waals surface area contributed by atoms with E-state index in [2.05, 4.69) is 5.32 Å². The zero-order valence-electron chi connectivity index (χ0n) is 15.4. The van der Waals surface area contributed by atoms with Gasteiger partial charge >= 0.3 is 5.97 Å². The number of methoxy groups -OCH3 is 1. The van der Waals surface area contributed by atoms with Gasteiger partial charge in [0.2, 0.25) is 11.8 Å². The number of rotatable bonds is 11. The number of hydrogen-bond donors (Lipinski definition) is 1. The van der Waals surface area contributed by atoms with E-state index < -0.39 is 5.97 Å². The maximum absolute atomic E-state index is 12.3. The number of ether oxygens (including phenoxy) is 2. The highest BCUT2D eigenvalue weighted by Gasteiger charge is 2.18. The van der Waals surface area contributed by atoms with Gasteiger partial charge in [-0.1, -0.05) is 17.7 Å². The van der Waals surface area contributed by atoms with Crippen LogP contribution in [0.15, 0.2) is 24.3 Å². The Morgan fingerprint density at radius 3 is 2.46 bits per heavy atom. The van der Waals surface area contributed by atoms with Crippen molar-refractivity contribution in [3.63, 3.8) is 0 Å². The highest BCUT2D eigenvalue weighted by molar-refractivity contribution is 8.00. The number of nitrogens with one attached hydrogen (secondary N) is 1. The van der Waals surface area contributed by atoms with Crippen LogP contribution in [-0.2, 0) is 23.9 Å². The van der Waals surface area contributed by atoms with Crippen LogP contribution in [0.4, 0.5) is 5.69 Å². The van der Waals surface area contributed by atoms with Crippen LogP contribution in [0.1, 0.15) is 12.5 Å². The summed E-state index contributed by atoms with van der Waals surface area (Å²) in [5.74, 6) is -0.621. The average Bonchev–Trinajstić information content (AvgIpc) is 2.60. The Labute approximate surface area is 158 Å². The van der Waals surface area contributed by atoms with Crippen molar-refractivity contribution in [3.8, 4) is 0 Å². The van der Waals surface area contributed by atoms with Crippen molar-refractivity contribution >= 4 is 35.2 Å².